The van der Waals surface area contributed by atoms with Gasteiger partial charge in [-0.15, -0.1) is 0 Å². The highest BCUT2D eigenvalue weighted by molar-refractivity contribution is 7.47. The zero-order valence-electron chi connectivity index (χ0n) is 60.7. The third-order valence-electron chi connectivity index (χ3n) is 17.1. The van der Waals surface area contributed by atoms with Gasteiger partial charge in [0.05, 0.1) is 26.4 Å². The number of carbonyl (C=O) groups is 4. The molecule has 0 heterocycles. The number of phosphoric acid groups is 2. The molecule has 0 bridgehead atoms. The molecule has 0 rings (SSSR count). The van der Waals surface area contributed by atoms with E-state index in [1.807, 2.05) is 0 Å². The molecular weight excluding hydrogens is 1220 g/mol. The van der Waals surface area contributed by atoms with Crippen LogP contribution in [0.25, 0.3) is 0 Å². The van der Waals surface area contributed by atoms with Crippen LogP contribution in [-0.4, -0.2) is 96.7 Å². The van der Waals surface area contributed by atoms with E-state index in [0.29, 0.717) is 25.7 Å². The molecule has 0 aromatic rings. The second kappa shape index (κ2) is 64.7. The van der Waals surface area contributed by atoms with Crippen LogP contribution in [0.4, 0.5) is 0 Å². The summed E-state index contributed by atoms with van der Waals surface area (Å²) >= 11 is 0. The maximum atomic E-state index is 13.1. The van der Waals surface area contributed by atoms with Crippen LogP contribution < -0.4 is 0 Å². The topological polar surface area (TPSA) is 237 Å². The first-order valence-corrected chi connectivity index (χ1v) is 41.3. The van der Waals surface area contributed by atoms with Crippen molar-refractivity contribution in [2.75, 3.05) is 39.6 Å². The molecule has 2 unspecified atom stereocenters. The first kappa shape index (κ1) is 91.1. The molecule has 0 radical (unpaired) electrons. The highest BCUT2D eigenvalue weighted by Gasteiger charge is 2.30. The molecule has 0 aromatic carbocycles. The maximum absolute atomic E-state index is 13.1. The minimum absolute atomic E-state index is 0.104. The lowest BCUT2D eigenvalue weighted by molar-refractivity contribution is -0.161. The van der Waals surface area contributed by atoms with Gasteiger partial charge in [-0.3, -0.25) is 37.3 Å². The van der Waals surface area contributed by atoms with E-state index in [0.717, 1.165) is 114 Å². The second-order valence-corrected chi connectivity index (χ2v) is 31.0. The molecule has 552 valence electrons. The summed E-state index contributed by atoms with van der Waals surface area (Å²) in [4.78, 5) is 72.6. The number of rotatable bonds is 72. The van der Waals surface area contributed by atoms with Gasteiger partial charge in [0.15, 0.2) is 12.2 Å². The zero-order valence-corrected chi connectivity index (χ0v) is 62.5. The van der Waals surface area contributed by atoms with E-state index < -0.39 is 97.5 Å². The number of ether oxygens (including phenoxy) is 4. The average molecular weight is 1370 g/mol. The molecule has 0 aliphatic rings. The Morgan fingerprint density at radius 3 is 0.731 bits per heavy atom. The van der Waals surface area contributed by atoms with Crippen molar-refractivity contribution in [1.29, 1.82) is 0 Å². The second-order valence-electron chi connectivity index (χ2n) is 28.1. The van der Waals surface area contributed by atoms with E-state index in [4.69, 9.17) is 37.0 Å². The van der Waals surface area contributed by atoms with E-state index in [2.05, 4.69) is 48.5 Å². The fourth-order valence-corrected chi connectivity index (χ4v) is 12.8. The van der Waals surface area contributed by atoms with Crippen molar-refractivity contribution in [2.45, 2.75) is 394 Å². The molecule has 19 heteroatoms. The number of hydrogen-bond donors (Lipinski definition) is 3. The molecule has 0 spiro atoms. The SMILES string of the molecule is CCCCCCCCCCC(=O)OC[C@H](COP(=O)(O)OC[C@H](O)COP(=O)(O)OC[C@@H](COC(=O)CCCCCCCCCCCCC(C)C)OC(=O)CCCCCCCCCCCCCCCCCCCCC(C)C)OC(=O)CCCCCCCCCCC(C)C. The Kier molecular flexibility index (Phi) is 63.4. The largest absolute Gasteiger partial charge is 0.472 e. The molecule has 3 N–H and O–H groups in total. The number of hydrogen-bond acceptors (Lipinski definition) is 15. The number of carbonyl (C=O) groups excluding carboxylic acids is 4. The molecule has 0 fully saturated rings. The van der Waals surface area contributed by atoms with Crippen LogP contribution in [0, 0.1) is 17.8 Å². The molecule has 0 saturated carbocycles. The number of aliphatic hydroxyl groups is 1. The lowest BCUT2D eigenvalue weighted by Crippen LogP contribution is -2.30. The van der Waals surface area contributed by atoms with Gasteiger partial charge < -0.3 is 33.8 Å². The van der Waals surface area contributed by atoms with Crippen molar-refractivity contribution in [3.8, 4) is 0 Å². The van der Waals surface area contributed by atoms with Gasteiger partial charge in [-0.05, 0) is 43.4 Å². The van der Waals surface area contributed by atoms with E-state index in [9.17, 15) is 43.2 Å². The van der Waals surface area contributed by atoms with Crippen LogP contribution in [-0.2, 0) is 65.4 Å². The summed E-state index contributed by atoms with van der Waals surface area (Å²) in [5.74, 6) is 0.172. The molecule has 93 heavy (non-hydrogen) atoms. The van der Waals surface area contributed by atoms with E-state index >= 15 is 0 Å². The number of phosphoric ester groups is 2. The van der Waals surface area contributed by atoms with Crippen molar-refractivity contribution in [2.24, 2.45) is 17.8 Å². The predicted octanol–water partition coefficient (Wildman–Crippen LogP) is 21.4. The van der Waals surface area contributed by atoms with E-state index in [-0.39, 0.29) is 25.7 Å². The van der Waals surface area contributed by atoms with Crippen molar-refractivity contribution >= 4 is 39.5 Å². The highest BCUT2D eigenvalue weighted by Crippen LogP contribution is 2.45. The van der Waals surface area contributed by atoms with Crippen LogP contribution in [0.1, 0.15) is 376 Å². The minimum Gasteiger partial charge on any atom is -0.462 e. The normalized spacial score (nSPS) is 14.1. The number of unbranched alkanes of at least 4 members (excludes halogenated alkanes) is 40. The van der Waals surface area contributed by atoms with Crippen LogP contribution in [0.15, 0.2) is 0 Å². The standard InChI is InChI=1S/C74H144O17P2/c1-8-9-10-11-12-34-41-48-55-71(76)84-61-69(91-74(79)58-51-44-37-30-29-33-40-47-54-67(6)7)63-88-92(80,81)86-59-68(75)60-87-93(82,83)89-64-70(62-85-72(77)56-49-42-35-27-24-23-26-32-39-46-53-66(4)5)90-73(78)57-50-43-36-28-22-20-18-16-14-13-15-17-19-21-25-31-38-45-52-65(2)3/h65-70,75H,8-64H2,1-7H3,(H,80,81)(H,82,83)/t68-,69+,70+/m0/s1. The Hall–Kier alpha value is -1.94. The van der Waals surface area contributed by atoms with Crippen LogP contribution in [0.5, 0.6) is 0 Å². The summed E-state index contributed by atoms with van der Waals surface area (Å²) < 4.78 is 68.3. The third-order valence-corrected chi connectivity index (χ3v) is 19.0. The van der Waals surface area contributed by atoms with Crippen molar-refractivity contribution < 1.29 is 80.2 Å². The molecule has 0 aromatic heterocycles. The fraction of sp³-hybridized carbons (Fsp3) is 0.946. The van der Waals surface area contributed by atoms with Gasteiger partial charge in [-0.25, -0.2) is 9.13 Å². The first-order chi connectivity index (χ1) is 44.7. The average Bonchev–Trinajstić information content (AvgIpc) is 2.48. The van der Waals surface area contributed by atoms with E-state index in [1.54, 1.807) is 0 Å². The van der Waals surface area contributed by atoms with Gasteiger partial charge in [0.2, 0.25) is 0 Å². The maximum Gasteiger partial charge on any atom is 0.472 e. The summed E-state index contributed by atoms with van der Waals surface area (Å²) in [6, 6.07) is 0. The minimum atomic E-state index is -4.96. The Morgan fingerprint density at radius 1 is 0.290 bits per heavy atom. The number of esters is 4. The summed E-state index contributed by atoms with van der Waals surface area (Å²) in [5.41, 5.74) is 0. The number of aliphatic hydroxyl groups excluding tert-OH is 1. The van der Waals surface area contributed by atoms with E-state index in [1.165, 1.54) is 180 Å². The van der Waals surface area contributed by atoms with Crippen molar-refractivity contribution in [1.82, 2.24) is 0 Å². The highest BCUT2D eigenvalue weighted by atomic mass is 31.2. The lowest BCUT2D eigenvalue weighted by Gasteiger charge is -2.21. The van der Waals surface area contributed by atoms with Crippen LogP contribution >= 0.6 is 15.6 Å². The van der Waals surface area contributed by atoms with Gasteiger partial charge in [0.25, 0.3) is 0 Å². The van der Waals surface area contributed by atoms with Crippen LogP contribution in [0.3, 0.4) is 0 Å². The van der Waals surface area contributed by atoms with Gasteiger partial charge in [-0.1, -0.05) is 325 Å². The van der Waals surface area contributed by atoms with Gasteiger partial charge >= 0.3 is 39.5 Å². The van der Waals surface area contributed by atoms with Crippen molar-refractivity contribution in [3.63, 3.8) is 0 Å². The molecule has 0 aliphatic heterocycles. The fourth-order valence-electron chi connectivity index (χ4n) is 11.2. The summed E-state index contributed by atoms with van der Waals surface area (Å²) in [6.45, 7) is 11.8. The smallest absolute Gasteiger partial charge is 0.462 e. The molecule has 0 aliphatic carbocycles. The predicted molar refractivity (Wildman–Crippen MR) is 377 cm³/mol. The van der Waals surface area contributed by atoms with Gasteiger partial charge in [0, 0.05) is 25.7 Å². The zero-order chi connectivity index (χ0) is 68.7. The van der Waals surface area contributed by atoms with Gasteiger partial charge in [-0.2, -0.15) is 0 Å². The van der Waals surface area contributed by atoms with Gasteiger partial charge in [0.1, 0.15) is 19.3 Å². The lowest BCUT2D eigenvalue weighted by atomic mass is 10.0. The molecular formula is C74H144O17P2. The molecule has 0 saturated heterocycles. The Labute approximate surface area is 568 Å². The molecule has 5 atom stereocenters. The summed E-state index contributed by atoms with van der Waals surface area (Å²) in [6.07, 6.45) is 50.2. The Morgan fingerprint density at radius 2 is 0.495 bits per heavy atom. The quantitative estimate of drug-likeness (QED) is 0.0222. The van der Waals surface area contributed by atoms with Crippen LogP contribution in [0.2, 0.25) is 0 Å². The Bertz CT molecular complexity index is 1820. The Balaban J connectivity index is 5.17. The monoisotopic (exact) mass is 1370 g/mol. The molecule has 0 amide bonds. The summed E-state index contributed by atoms with van der Waals surface area (Å²) in [7, 11) is -9.90. The summed E-state index contributed by atoms with van der Waals surface area (Å²) in [5, 5.41) is 10.6. The van der Waals surface area contributed by atoms with Crippen molar-refractivity contribution in [3.05, 3.63) is 0 Å². The first-order valence-electron chi connectivity index (χ1n) is 38.3. The third kappa shape index (κ3) is 68.4. The molecule has 17 nitrogen and oxygen atoms in total.